The zero-order valence-electron chi connectivity index (χ0n) is 16.1. The topological polar surface area (TPSA) is 73.0 Å². The molecule has 0 bridgehead atoms. The Morgan fingerprint density at radius 2 is 1.70 bits per heavy atom. The fourth-order valence-corrected chi connectivity index (χ4v) is 3.66. The average Bonchev–Trinajstić information content (AvgIpc) is 3.04. The number of piperazine rings is 1. The Bertz CT molecular complexity index is 696. The van der Waals surface area contributed by atoms with Crippen LogP contribution in [0.3, 0.4) is 0 Å². The minimum absolute atomic E-state index is 0.0327. The fraction of sp³-hybridized carbons (Fsp3) is 0.550. The van der Waals surface area contributed by atoms with E-state index in [0.717, 1.165) is 5.56 Å². The number of aryl methyl sites for hydroxylation is 1. The highest BCUT2D eigenvalue weighted by Gasteiger charge is 2.37. The second-order valence-corrected chi connectivity index (χ2v) is 7.31. The Morgan fingerprint density at radius 1 is 1.07 bits per heavy atom. The van der Waals surface area contributed by atoms with Gasteiger partial charge in [0.15, 0.2) is 0 Å². The first-order valence-corrected chi connectivity index (χ1v) is 9.62. The number of nitrogens with zero attached hydrogens (tertiary/aromatic N) is 3. The molecule has 4 amide bonds. The van der Waals surface area contributed by atoms with Gasteiger partial charge < -0.3 is 20.0 Å². The Balaban J connectivity index is 1.52. The van der Waals surface area contributed by atoms with Gasteiger partial charge in [-0.25, -0.2) is 4.79 Å². The first-order chi connectivity index (χ1) is 13.0. The number of benzene rings is 1. The molecule has 2 fully saturated rings. The molecule has 0 radical (unpaired) electrons. The van der Waals surface area contributed by atoms with Gasteiger partial charge in [-0.15, -0.1) is 0 Å². The number of hydrogen-bond donors (Lipinski definition) is 1. The van der Waals surface area contributed by atoms with E-state index in [-0.39, 0.29) is 30.2 Å². The molecule has 0 spiro atoms. The van der Waals surface area contributed by atoms with Crippen LogP contribution in [0.25, 0.3) is 0 Å². The zero-order valence-corrected chi connectivity index (χ0v) is 16.1. The van der Waals surface area contributed by atoms with Gasteiger partial charge in [-0.1, -0.05) is 29.8 Å². The van der Waals surface area contributed by atoms with E-state index in [1.54, 1.807) is 14.7 Å². The number of carbonyl (C=O) groups excluding carboxylic acids is 3. The van der Waals surface area contributed by atoms with Crippen LogP contribution in [-0.4, -0.2) is 71.8 Å². The molecule has 1 N–H and O–H groups in total. The van der Waals surface area contributed by atoms with Gasteiger partial charge in [0, 0.05) is 52.2 Å². The molecule has 7 heteroatoms. The van der Waals surface area contributed by atoms with E-state index in [4.69, 9.17) is 0 Å². The van der Waals surface area contributed by atoms with Gasteiger partial charge in [-0.05, 0) is 19.4 Å². The van der Waals surface area contributed by atoms with Crippen molar-refractivity contribution in [3.8, 4) is 0 Å². The molecule has 0 saturated carbocycles. The monoisotopic (exact) mass is 372 g/mol. The number of amides is 4. The summed E-state index contributed by atoms with van der Waals surface area (Å²) in [5.41, 5.74) is 2.27. The fourth-order valence-electron chi connectivity index (χ4n) is 3.66. The number of hydrogen-bond acceptors (Lipinski definition) is 3. The third kappa shape index (κ3) is 4.59. The molecule has 0 aromatic heterocycles. The largest absolute Gasteiger partial charge is 0.339 e. The standard InChI is InChI=1S/C20H28N4O3/c1-3-21-20(27)23-10-8-22(9-11-23)19(26)17-12-18(25)24(14-17)13-16-6-4-15(2)5-7-16/h4-7,17H,3,8-14H2,1-2H3,(H,21,27). The lowest BCUT2D eigenvalue weighted by Gasteiger charge is -2.35. The summed E-state index contributed by atoms with van der Waals surface area (Å²) in [6.45, 7) is 7.66. The van der Waals surface area contributed by atoms with Crippen molar-refractivity contribution in [2.24, 2.45) is 5.92 Å². The Labute approximate surface area is 160 Å². The van der Waals surface area contributed by atoms with Gasteiger partial charge in [0.2, 0.25) is 11.8 Å². The lowest BCUT2D eigenvalue weighted by atomic mass is 10.1. The van der Waals surface area contributed by atoms with E-state index in [1.807, 2.05) is 38.1 Å². The Kier molecular flexibility index (Phi) is 5.98. The first-order valence-electron chi connectivity index (χ1n) is 9.62. The summed E-state index contributed by atoms with van der Waals surface area (Å²) in [5, 5.41) is 2.78. The second kappa shape index (κ2) is 8.41. The van der Waals surface area contributed by atoms with Crippen molar-refractivity contribution in [3.63, 3.8) is 0 Å². The number of urea groups is 1. The molecular formula is C20H28N4O3. The molecule has 2 heterocycles. The van der Waals surface area contributed by atoms with E-state index in [9.17, 15) is 14.4 Å². The molecule has 7 nitrogen and oxygen atoms in total. The van der Waals surface area contributed by atoms with Crippen molar-refractivity contribution < 1.29 is 14.4 Å². The lowest BCUT2D eigenvalue weighted by Crippen LogP contribution is -2.54. The molecule has 1 aromatic carbocycles. The minimum atomic E-state index is -0.279. The predicted octanol–water partition coefficient (Wildman–Crippen LogP) is 1.22. The van der Waals surface area contributed by atoms with Crippen LogP contribution >= 0.6 is 0 Å². The maximum absolute atomic E-state index is 12.8. The third-order valence-corrected chi connectivity index (χ3v) is 5.26. The summed E-state index contributed by atoms with van der Waals surface area (Å²) < 4.78 is 0. The van der Waals surface area contributed by atoms with Crippen LogP contribution in [0.2, 0.25) is 0 Å². The van der Waals surface area contributed by atoms with E-state index in [1.165, 1.54) is 5.56 Å². The Morgan fingerprint density at radius 3 is 2.33 bits per heavy atom. The van der Waals surface area contributed by atoms with E-state index < -0.39 is 0 Å². The van der Waals surface area contributed by atoms with Crippen LogP contribution in [0.4, 0.5) is 4.79 Å². The highest BCUT2D eigenvalue weighted by atomic mass is 16.2. The molecule has 2 aliphatic heterocycles. The van der Waals surface area contributed by atoms with Gasteiger partial charge in [-0.3, -0.25) is 9.59 Å². The summed E-state index contributed by atoms with van der Waals surface area (Å²) in [6, 6.07) is 8.04. The quantitative estimate of drug-likeness (QED) is 0.864. The van der Waals surface area contributed by atoms with Crippen molar-refractivity contribution in [3.05, 3.63) is 35.4 Å². The molecular weight excluding hydrogens is 344 g/mol. The van der Waals surface area contributed by atoms with E-state index in [2.05, 4.69) is 5.32 Å². The smallest absolute Gasteiger partial charge is 0.317 e. The first kappa shape index (κ1) is 19.2. The summed E-state index contributed by atoms with van der Waals surface area (Å²) in [4.78, 5) is 42.3. The van der Waals surface area contributed by atoms with Gasteiger partial charge in [-0.2, -0.15) is 0 Å². The van der Waals surface area contributed by atoms with Gasteiger partial charge in [0.25, 0.3) is 0 Å². The van der Waals surface area contributed by atoms with Crippen LogP contribution in [0, 0.1) is 12.8 Å². The molecule has 0 aliphatic carbocycles. The van der Waals surface area contributed by atoms with Crippen molar-refractivity contribution in [1.29, 1.82) is 0 Å². The third-order valence-electron chi connectivity index (χ3n) is 5.26. The highest BCUT2D eigenvalue weighted by Crippen LogP contribution is 2.23. The SMILES string of the molecule is CCNC(=O)N1CCN(C(=O)C2CC(=O)N(Cc3ccc(C)cc3)C2)CC1. The number of nitrogens with one attached hydrogen (secondary N) is 1. The lowest BCUT2D eigenvalue weighted by molar-refractivity contribution is -0.137. The minimum Gasteiger partial charge on any atom is -0.339 e. The van der Waals surface area contributed by atoms with E-state index in [0.29, 0.717) is 45.8 Å². The molecule has 1 atom stereocenters. The van der Waals surface area contributed by atoms with Crippen LogP contribution in [-0.2, 0) is 16.1 Å². The molecule has 1 unspecified atom stereocenters. The number of carbonyl (C=O) groups is 3. The maximum atomic E-state index is 12.8. The number of likely N-dealkylation sites (tertiary alicyclic amines) is 1. The molecule has 146 valence electrons. The zero-order chi connectivity index (χ0) is 19.4. The Hall–Kier alpha value is -2.57. The van der Waals surface area contributed by atoms with Gasteiger partial charge in [0.05, 0.1) is 5.92 Å². The van der Waals surface area contributed by atoms with E-state index >= 15 is 0 Å². The summed E-state index contributed by atoms with van der Waals surface area (Å²) in [7, 11) is 0. The summed E-state index contributed by atoms with van der Waals surface area (Å²) in [5.74, 6) is -0.209. The molecule has 3 rings (SSSR count). The van der Waals surface area contributed by atoms with Crippen LogP contribution in [0.1, 0.15) is 24.5 Å². The average molecular weight is 372 g/mol. The summed E-state index contributed by atoms with van der Waals surface area (Å²) >= 11 is 0. The molecule has 27 heavy (non-hydrogen) atoms. The molecule has 2 saturated heterocycles. The number of rotatable bonds is 4. The maximum Gasteiger partial charge on any atom is 0.317 e. The van der Waals surface area contributed by atoms with Crippen LogP contribution in [0.5, 0.6) is 0 Å². The molecule has 2 aliphatic rings. The summed E-state index contributed by atoms with van der Waals surface area (Å²) in [6.07, 6.45) is 0.279. The van der Waals surface area contributed by atoms with Crippen molar-refractivity contribution in [2.75, 3.05) is 39.3 Å². The van der Waals surface area contributed by atoms with Gasteiger partial charge >= 0.3 is 6.03 Å². The van der Waals surface area contributed by atoms with Crippen LogP contribution < -0.4 is 5.32 Å². The van der Waals surface area contributed by atoms with Crippen molar-refractivity contribution >= 4 is 17.8 Å². The normalized spacial score (nSPS) is 20.1. The van der Waals surface area contributed by atoms with Gasteiger partial charge in [0.1, 0.15) is 0 Å². The van der Waals surface area contributed by atoms with Crippen LogP contribution in [0.15, 0.2) is 24.3 Å². The van der Waals surface area contributed by atoms with Crippen molar-refractivity contribution in [1.82, 2.24) is 20.0 Å². The highest BCUT2D eigenvalue weighted by molar-refractivity contribution is 5.89. The second-order valence-electron chi connectivity index (χ2n) is 7.31. The predicted molar refractivity (Wildman–Crippen MR) is 102 cm³/mol. The van der Waals surface area contributed by atoms with Crippen molar-refractivity contribution in [2.45, 2.75) is 26.8 Å². The molecule has 1 aromatic rings.